The first-order valence-electron chi connectivity index (χ1n) is 11.1. The molecule has 7 nitrogen and oxygen atoms in total. The van der Waals surface area contributed by atoms with E-state index < -0.39 is 0 Å². The van der Waals surface area contributed by atoms with Gasteiger partial charge in [-0.3, -0.25) is 4.90 Å². The average Bonchev–Trinajstić information content (AvgIpc) is 2.90. The molecular formula is C21H42IN7S. The quantitative estimate of drug-likeness (QED) is 0.201. The van der Waals surface area contributed by atoms with Gasteiger partial charge in [0.15, 0.2) is 11.8 Å². The van der Waals surface area contributed by atoms with Crippen molar-refractivity contribution in [1.29, 1.82) is 0 Å². The van der Waals surface area contributed by atoms with Crippen LogP contribution in [0.5, 0.6) is 0 Å². The Kier molecular flexibility index (Phi) is 14.0. The second-order valence-electron chi connectivity index (χ2n) is 8.30. The molecule has 0 saturated carbocycles. The maximum atomic E-state index is 4.81. The number of hydrogen-bond acceptors (Lipinski definition) is 5. The third-order valence-corrected chi connectivity index (χ3v) is 6.43. The van der Waals surface area contributed by atoms with E-state index in [4.69, 9.17) is 4.99 Å². The largest absolute Gasteiger partial charge is 0.356 e. The Balaban J connectivity index is 0.00000450. The van der Waals surface area contributed by atoms with E-state index >= 15 is 0 Å². The zero-order chi connectivity index (χ0) is 21.1. The lowest BCUT2D eigenvalue weighted by molar-refractivity contribution is 0.161. The molecule has 2 rings (SSSR count). The molecule has 0 bridgehead atoms. The Bertz CT molecular complexity index is 612. The summed E-state index contributed by atoms with van der Waals surface area (Å²) < 4.78 is 2.00. The van der Waals surface area contributed by atoms with Gasteiger partial charge in [-0.05, 0) is 57.2 Å². The Morgan fingerprint density at radius 2 is 1.83 bits per heavy atom. The first-order valence-corrected chi connectivity index (χ1v) is 12.5. The first kappa shape index (κ1) is 27.5. The fourth-order valence-corrected chi connectivity index (χ4v) is 4.18. The molecule has 1 aliphatic heterocycles. The Labute approximate surface area is 204 Å². The standard InChI is InChI=1S/C21H41N7S.HI/c1-17(2)19(28-12-8-6-7-9-13-28)15-23-21(22-11-10-14-29-5)24-16-20-26-25-18(3)27(20)4;/h17,19H,6-16H2,1-5H3,(H2,22,23,24);1H. The van der Waals surface area contributed by atoms with E-state index in [0.29, 0.717) is 18.5 Å². The molecule has 1 fully saturated rings. The van der Waals surface area contributed by atoms with E-state index in [0.717, 1.165) is 42.9 Å². The molecule has 1 saturated heterocycles. The smallest absolute Gasteiger partial charge is 0.191 e. The van der Waals surface area contributed by atoms with Crippen LogP contribution in [0.15, 0.2) is 4.99 Å². The van der Waals surface area contributed by atoms with Gasteiger partial charge in [-0.2, -0.15) is 11.8 Å². The van der Waals surface area contributed by atoms with Gasteiger partial charge >= 0.3 is 0 Å². The molecule has 2 heterocycles. The normalized spacial score (nSPS) is 16.8. The molecule has 1 aromatic heterocycles. The van der Waals surface area contributed by atoms with Crippen LogP contribution < -0.4 is 10.6 Å². The van der Waals surface area contributed by atoms with Gasteiger partial charge in [-0.15, -0.1) is 34.2 Å². The Morgan fingerprint density at radius 3 is 2.40 bits per heavy atom. The number of aliphatic imine (C=N–C) groups is 1. The molecule has 0 aliphatic carbocycles. The van der Waals surface area contributed by atoms with Crippen molar-refractivity contribution in [3.63, 3.8) is 0 Å². The number of rotatable bonds is 10. The van der Waals surface area contributed by atoms with Gasteiger partial charge < -0.3 is 15.2 Å². The molecule has 9 heteroatoms. The number of likely N-dealkylation sites (tertiary alicyclic amines) is 1. The fourth-order valence-electron chi connectivity index (χ4n) is 3.75. The Morgan fingerprint density at radius 1 is 1.13 bits per heavy atom. The van der Waals surface area contributed by atoms with Gasteiger partial charge in [0, 0.05) is 26.2 Å². The van der Waals surface area contributed by atoms with Gasteiger partial charge in [0.25, 0.3) is 0 Å². The molecule has 1 unspecified atom stereocenters. The number of thioether (sulfide) groups is 1. The van der Waals surface area contributed by atoms with Crippen LogP contribution in [-0.4, -0.2) is 69.9 Å². The van der Waals surface area contributed by atoms with Crippen LogP contribution in [0.25, 0.3) is 0 Å². The van der Waals surface area contributed by atoms with Gasteiger partial charge in [-0.25, -0.2) is 4.99 Å². The summed E-state index contributed by atoms with van der Waals surface area (Å²) in [6.07, 6.45) is 8.67. The SMILES string of the molecule is CSCCCNC(=NCc1nnc(C)n1C)NCC(C(C)C)N1CCCCCC1.I. The van der Waals surface area contributed by atoms with E-state index in [1.54, 1.807) is 0 Å². The summed E-state index contributed by atoms with van der Waals surface area (Å²) in [7, 11) is 1.99. The molecule has 174 valence electrons. The first-order chi connectivity index (χ1) is 14.0. The van der Waals surface area contributed by atoms with Crippen LogP contribution in [0.2, 0.25) is 0 Å². The van der Waals surface area contributed by atoms with Crippen LogP contribution in [0.3, 0.4) is 0 Å². The highest BCUT2D eigenvalue weighted by molar-refractivity contribution is 14.0. The van der Waals surface area contributed by atoms with E-state index in [2.05, 4.69) is 45.8 Å². The summed E-state index contributed by atoms with van der Waals surface area (Å²) in [6.45, 7) is 11.5. The van der Waals surface area contributed by atoms with Crippen molar-refractivity contribution < 1.29 is 0 Å². The van der Waals surface area contributed by atoms with Crippen molar-refractivity contribution in [2.75, 3.05) is 38.2 Å². The van der Waals surface area contributed by atoms with E-state index in [1.165, 1.54) is 38.8 Å². The minimum Gasteiger partial charge on any atom is -0.356 e. The van der Waals surface area contributed by atoms with Gasteiger partial charge in [0.05, 0.1) is 0 Å². The number of aromatic nitrogens is 3. The van der Waals surface area contributed by atoms with Crippen LogP contribution in [0.4, 0.5) is 0 Å². The minimum atomic E-state index is 0. The molecule has 1 aromatic rings. The van der Waals surface area contributed by atoms with Crippen LogP contribution in [0, 0.1) is 12.8 Å². The zero-order valence-corrected chi connectivity index (χ0v) is 22.6. The van der Waals surface area contributed by atoms with Crippen molar-refractivity contribution in [1.82, 2.24) is 30.3 Å². The third kappa shape index (κ3) is 9.30. The summed E-state index contributed by atoms with van der Waals surface area (Å²) in [5.41, 5.74) is 0. The number of halogens is 1. The van der Waals surface area contributed by atoms with Gasteiger partial charge in [0.1, 0.15) is 12.4 Å². The second-order valence-corrected chi connectivity index (χ2v) is 9.29. The molecule has 30 heavy (non-hydrogen) atoms. The zero-order valence-electron chi connectivity index (χ0n) is 19.5. The van der Waals surface area contributed by atoms with Crippen LogP contribution in [0.1, 0.15) is 57.6 Å². The van der Waals surface area contributed by atoms with Crippen molar-refractivity contribution >= 4 is 41.7 Å². The summed E-state index contributed by atoms with van der Waals surface area (Å²) in [4.78, 5) is 7.49. The topological polar surface area (TPSA) is 70.4 Å². The van der Waals surface area contributed by atoms with Crippen LogP contribution in [-0.2, 0) is 13.6 Å². The van der Waals surface area contributed by atoms with Crippen molar-refractivity contribution in [2.24, 2.45) is 18.0 Å². The molecule has 0 aromatic carbocycles. The predicted molar refractivity (Wildman–Crippen MR) is 140 cm³/mol. The van der Waals surface area contributed by atoms with Crippen molar-refractivity contribution in [3.8, 4) is 0 Å². The number of nitrogens with zero attached hydrogens (tertiary/aromatic N) is 5. The number of hydrogen-bond donors (Lipinski definition) is 2. The molecular weight excluding hydrogens is 509 g/mol. The lowest BCUT2D eigenvalue weighted by atomic mass is 10.0. The molecule has 1 atom stereocenters. The van der Waals surface area contributed by atoms with E-state index in [9.17, 15) is 0 Å². The molecule has 1 aliphatic rings. The van der Waals surface area contributed by atoms with E-state index in [1.807, 2.05) is 30.3 Å². The summed E-state index contributed by atoms with van der Waals surface area (Å²) in [5, 5.41) is 15.5. The van der Waals surface area contributed by atoms with Gasteiger partial charge in [0.2, 0.25) is 0 Å². The highest BCUT2D eigenvalue weighted by Crippen LogP contribution is 2.17. The Hall–Kier alpha value is -0.550. The summed E-state index contributed by atoms with van der Waals surface area (Å²) in [6, 6.07) is 0.531. The monoisotopic (exact) mass is 551 g/mol. The van der Waals surface area contributed by atoms with Crippen LogP contribution >= 0.6 is 35.7 Å². The summed E-state index contributed by atoms with van der Waals surface area (Å²) in [5.74, 6) is 4.46. The van der Waals surface area contributed by atoms with Crippen molar-refractivity contribution in [2.45, 2.75) is 65.5 Å². The maximum absolute atomic E-state index is 4.81. The third-order valence-electron chi connectivity index (χ3n) is 5.74. The predicted octanol–water partition coefficient (Wildman–Crippen LogP) is 3.43. The fraction of sp³-hybridized carbons (Fsp3) is 0.857. The highest BCUT2D eigenvalue weighted by Gasteiger charge is 2.23. The lowest BCUT2D eigenvalue weighted by Crippen LogP contribution is -2.50. The highest BCUT2D eigenvalue weighted by atomic mass is 127. The van der Waals surface area contributed by atoms with Crippen molar-refractivity contribution in [3.05, 3.63) is 11.6 Å². The number of nitrogens with one attached hydrogen (secondary N) is 2. The molecule has 0 amide bonds. The average molecular weight is 552 g/mol. The van der Waals surface area contributed by atoms with E-state index in [-0.39, 0.29) is 24.0 Å². The number of guanidine groups is 1. The summed E-state index contributed by atoms with van der Waals surface area (Å²) >= 11 is 1.88. The van der Waals surface area contributed by atoms with Gasteiger partial charge in [-0.1, -0.05) is 26.7 Å². The minimum absolute atomic E-state index is 0. The molecule has 0 spiro atoms. The lowest BCUT2D eigenvalue weighted by Gasteiger charge is -2.34. The molecule has 2 N–H and O–H groups in total. The number of aryl methyl sites for hydroxylation is 1. The maximum Gasteiger partial charge on any atom is 0.191 e. The molecule has 0 radical (unpaired) electrons. The second kappa shape index (κ2) is 15.3.